The van der Waals surface area contributed by atoms with E-state index in [4.69, 9.17) is 10.5 Å². The van der Waals surface area contributed by atoms with Crippen LogP contribution in [0.5, 0.6) is 5.75 Å². The number of benzene rings is 1. The van der Waals surface area contributed by atoms with Crippen molar-refractivity contribution in [2.45, 2.75) is 49.9 Å². The van der Waals surface area contributed by atoms with E-state index in [2.05, 4.69) is 15.9 Å². The summed E-state index contributed by atoms with van der Waals surface area (Å²) in [5, 5.41) is 0. The van der Waals surface area contributed by atoms with Crippen LogP contribution in [-0.4, -0.2) is 11.8 Å². The number of fused-ring (bicyclic) bond motifs is 1. The lowest BCUT2D eigenvalue weighted by Gasteiger charge is -2.46. The number of halogens is 4. The molecule has 1 aromatic rings. The zero-order valence-electron chi connectivity index (χ0n) is 11.4. The van der Waals surface area contributed by atoms with Gasteiger partial charge in [-0.2, -0.15) is 13.2 Å². The standard InChI is InChI=1S/C15H17BrF3NO/c16-10-3-4-11-12(20)8-14(21-13(11)6-10)5-1-2-9(7-14)15(17,18)19/h3-4,6,9,12H,1-2,5,7-8,20H2/t9?,12-,14?/m1/s1. The molecule has 2 nitrogen and oxygen atoms in total. The smallest absolute Gasteiger partial charge is 0.391 e. The van der Waals surface area contributed by atoms with E-state index in [0.717, 1.165) is 10.0 Å². The van der Waals surface area contributed by atoms with Crippen LogP contribution in [0.3, 0.4) is 0 Å². The fraction of sp³-hybridized carbons (Fsp3) is 0.600. The number of hydrogen-bond acceptors (Lipinski definition) is 2. The van der Waals surface area contributed by atoms with E-state index in [-0.39, 0.29) is 18.9 Å². The largest absolute Gasteiger partial charge is 0.487 e. The Labute approximate surface area is 130 Å². The molecule has 2 N–H and O–H groups in total. The van der Waals surface area contributed by atoms with E-state index in [1.54, 1.807) is 6.07 Å². The van der Waals surface area contributed by atoms with E-state index in [0.29, 0.717) is 25.0 Å². The first-order valence-electron chi connectivity index (χ1n) is 7.10. The molecule has 116 valence electrons. The van der Waals surface area contributed by atoms with Gasteiger partial charge in [0.25, 0.3) is 0 Å². The molecule has 1 spiro atoms. The van der Waals surface area contributed by atoms with Crippen LogP contribution in [0.15, 0.2) is 22.7 Å². The van der Waals surface area contributed by atoms with Crippen LogP contribution in [0, 0.1) is 5.92 Å². The average molecular weight is 364 g/mol. The lowest BCUT2D eigenvalue weighted by atomic mass is 9.72. The Kier molecular flexibility index (Phi) is 3.72. The van der Waals surface area contributed by atoms with Gasteiger partial charge in [0.1, 0.15) is 11.4 Å². The van der Waals surface area contributed by atoms with Gasteiger partial charge in [-0.25, -0.2) is 0 Å². The maximum atomic E-state index is 13.0. The normalized spacial score (nSPS) is 32.6. The maximum absolute atomic E-state index is 13.0. The highest BCUT2D eigenvalue weighted by Crippen LogP contribution is 2.50. The van der Waals surface area contributed by atoms with E-state index in [1.165, 1.54) is 0 Å². The monoisotopic (exact) mass is 363 g/mol. The van der Waals surface area contributed by atoms with Crippen LogP contribution >= 0.6 is 15.9 Å². The molecule has 1 aromatic carbocycles. The third kappa shape index (κ3) is 2.93. The molecule has 3 rings (SSSR count). The van der Waals surface area contributed by atoms with Crippen molar-refractivity contribution in [3.8, 4) is 5.75 Å². The quantitative estimate of drug-likeness (QED) is 0.723. The Morgan fingerprint density at radius 1 is 1.29 bits per heavy atom. The average Bonchev–Trinajstić information content (AvgIpc) is 2.36. The lowest BCUT2D eigenvalue weighted by molar-refractivity contribution is -0.199. The molecule has 3 atom stereocenters. The van der Waals surface area contributed by atoms with Gasteiger partial charge in [0.05, 0.1) is 5.92 Å². The molecular formula is C15H17BrF3NO. The fourth-order valence-electron chi connectivity index (χ4n) is 3.57. The Hall–Kier alpha value is -0.750. The predicted octanol–water partition coefficient (Wildman–Crippen LogP) is 4.72. The molecule has 2 unspecified atom stereocenters. The summed E-state index contributed by atoms with van der Waals surface area (Å²) in [4.78, 5) is 0. The van der Waals surface area contributed by atoms with Gasteiger partial charge in [0, 0.05) is 22.5 Å². The first-order chi connectivity index (χ1) is 9.79. The topological polar surface area (TPSA) is 35.2 Å². The molecule has 1 aliphatic heterocycles. The zero-order chi connectivity index (χ0) is 15.3. The Bertz CT molecular complexity index is 548. The summed E-state index contributed by atoms with van der Waals surface area (Å²) in [6.07, 6.45) is -2.34. The highest BCUT2D eigenvalue weighted by atomic mass is 79.9. The molecular weight excluding hydrogens is 347 g/mol. The molecule has 2 aliphatic rings. The minimum atomic E-state index is -4.15. The molecule has 0 bridgehead atoms. The summed E-state index contributed by atoms with van der Waals surface area (Å²) < 4.78 is 46.0. The van der Waals surface area contributed by atoms with E-state index in [1.807, 2.05) is 12.1 Å². The molecule has 0 aromatic heterocycles. The van der Waals surface area contributed by atoms with Crippen LogP contribution in [0.2, 0.25) is 0 Å². The van der Waals surface area contributed by atoms with Gasteiger partial charge in [0.2, 0.25) is 0 Å². The van der Waals surface area contributed by atoms with Crippen LogP contribution in [0.25, 0.3) is 0 Å². The number of ether oxygens (including phenoxy) is 1. The molecule has 1 aliphatic carbocycles. The van der Waals surface area contributed by atoms with E-state index in [9.17, 15) is 13.2 Å². The van der Waals surface area contributed by atoms with Gasteiger partial charge >= 0.3 is 6.18 Å². The molecule has 6 heteroatoms. The van der Waals surface area contributed by atoms with Crippen molar-refractivity contribution in [3.05, 3.63) is 28.2 Å². The second kappa shape index (κ2) is 5.16. The number of rotatable bonds is 0. The van der Waals surface area contributed by atoms with Crippen molar-refractivity contribution in [1.82, 2.24) is 0 Å². The lowest BCUT2D eigenvalue weighted by Crippen LogP contribution is -2.48. The molecule has 21 heavy (non-hydrogen) atoms. The van der Waals surface area contributed by atoms with Gasteiger partial charge in [0.15, 0.2) is 0 Å². The summed E-state index contributed by atoms with van der Waals surface area (Å²) in [5.41, 5.74) is 6.28. The Morgan fingerprint density at radius 3 is 2.76 bits per heavy atom. The summed E-state index contributed by atoms with van der Waals surface area (Å²) in [6, 6.07) is 5.28. The molecule has 1 saturated carbocycles. The third-order valence-electron chi connectivity index (χ3n) is 4.56. The summed E-state index contributed by atoms with van der Waals surface area (Å²) in [5.74, 6) is -0.668. The first kappa shape index (κ1) is 15.2. The van der Waals surface area contributed by atoms with Crippen molar-refractivity contribution >= 4 is 15.9 Å². The second-order valence-corrected chi connectivity index (χ2v) is 7.03. The van der Waals surface area contributed by atoms with Gasteiger partial charge in [-0.1, -0.05) is 22.0 Å². The summed E-state index contributed by atoms with van der Waals surface area (Å²) in [6.45, 7) is 0. The first-order valence-corrected chi connectivity index (χ1v) is 7.89. The zero-order valence-corrected chi connectivity index (χ0v) is 13.0. The van der Waals surface area contributed by atoms with Crippen molar-refractivity contribution < 1.29 is 17.9 Å². The fourth-order valence-corrected chi connectivity index (χ4v) is 3.91. The predicted molar refractivity (Wildman–Crippen MR) is 77.1 cm³/mol. The van der Waals surface area contributed by atoms with Crippen molar-refractivity contribution in [2.75, 3.05) is 0 Å². The van der Waals surface area contributed by atoms with Crippen molar-refractivity contribution in [3.63, 3.8) is 0 Å². The number of alkyl halides is 3. The van der Waals surface area contributed by atoms with Crippen LogP contribution < -0.4 is 10.5 Å². The second-order valence-electron chi connectivity index (χ2n) is 6.11. The highest BCUT2D eigenvalue weighted by molar-refractivity contribution is 9.10. The van der Waals surface area contributed by atoms with Crippen molar-refractivity contribution in [1.29, 1.82) is 0 Å². The highest BCUT2D eigenvalue weighted by Gasteiger charge is 2.50. The molecule has 1 heterocycles. The van der Waals surface area contributed by atoms with Crippen LogP contribution in [0.4, 0.5) is 13.2 Å². The minimum absolute atomic E-state index is 0.0101. The summed E-state index contributed by atoms with van der Waals surface area (Å²) in [7, 11) is 0. The Balaban J connectivity index is 1.90. The van der Waals surface area contributed by atoms with E-state index < -0.39 is 17.7 Å². The van der Waals surface area contributed by atoms with Crippen molar-refractivity contribution in [2.24, 2.45) is 11.7 Å². The van der Waals surface area contributed by atoms with Crippen LogP contribution in [0.1, 0.15) is 43.7 Å². The van der Waals surface area contributed by atoms with E-state index >= 15 is 0 Å². The maximum Gasteiger partial charge on any atom is 0.391 e. The Morgan fingerprint density at radius 2 is 2.05 bits per heavy atom. The number of nitrogens with two attached hydrogens (primary N) is 1. The molecule has 1 fully saturated rings. The number of hydrogen-bond donors (Lipinski definition) is 1. The summed E-state index contributed by atoms with van der Waals surface area (Å²) >= 11 is 3.37. The molecule has 0 amide bonds. The van der Waals surface area contributed by atoms with Gasteiger partial charge in [-0.05, 0) is 37.8 Å². The van der Waals surface area contributed by atoms with Gasteiger partial charge in [-0.15, -0.1) is 0 Å². The van der Waals surface area contributed by atoms with Gasteiger partial charge < -0.3 is 10.5 Å². The van der Waals surface area contributed by atoms with Gasteiger partial charge in [-0.3, -0.25) is 0 Å². The third-order valence-corrected chi connectivity index (χ3v) is 5.05. The van der Waals surface area contributed by atoms with Crippen LogP contribution in [-0.2, 0) is 0 Å². The SMILES string of the molecule is N[C@@H]1CC2(CCCC(C(F)(F)F)C2)Oc2cc(Br)ccc21. The minimum Gasteiger partial charge on any atom is -0.487 e. The molecule has 0 saturated heterocycles. The molecule has 0 radical (unpaired) electrons.